The number of alkyl halides is 2. The Hall–Kier alpha value is -2.41. The summed E-state index contributed by atoms with van der Waals surface area (Å²) in [6.45, 7) is 3.21. The van der Waals surface area contributed by atoms with Crippen LogP contribution in [-0.4, -0.2) is 24.2 Å². The molecule has 0 saturated carbocycles. The summed E-state index contributed by atoms with van der Waals surface area (Å²) in [4.78, 5) is 24.2. The van der Waals surface area contributed by atoms with Gasteiger partial charge in [0.05, 0.1) is 11.3 Å². The highest BCUT2D eigenvalue weighted by atomic mass is 32.2. The number of para-hydroxylation sites is 1. The Morgan fingerprint density at radius 1 is 1.12 bits per heavy atom. The second kappa shape index (κ2) is 8.62. The molecule has 132 valence electrons. The van der Waals surface area contributed by atoms with E-state index in [0.717, 1.165) is 11.1 Å². The third-order valence-corrected chi connectivity index (χ3v) is 3.96. The maximum Gasteiger partial charge on any atom is 0.338 e. The maximum atomic E-state index is 12.5. The molecule has 0 aliphatic heterocycles. The molecule has 0 atom stereocenters. The average molecular weight is 365 g/mol. The standard InChI is InChI=1S/C18H17F2NO3S/c1-11-7-12(2)9-13(8-11)17(23)24-10-16(22)21-14-5-3-4-6-15(14)25-18(19)20/h3-9,18H,10H2,1-2H3,(H,21,22). The van der Waals surface area contributed by atoms with Gasteiger partial charge < -0.3 is 10.1 Å². The minimum atomic E-state index is -2.60. The summed E-state index contributed by atoms with van der Waals surface area (Å²) in [5, 5.41) is 2.48. The fourth-order valence-corrected chi connectivity index (χ4v) is 2.86. The van der Waals surface area contributed by atoms with E-state index in [1.165, 1.54) is 12.1 Å². The van der Waals surface area contributed by atoms with E-state index in [1.54, 1.807) is 24.3 Å². The molecule has 0 aliphatic rings. The fraction of sp³-hybridized carbons (Fsp3) is 0.222. The molecule has 0 aliphatic carbocycles. The van der Waals surface area contributed by atoms with Crippen LogP contribution in [0.5, 0.6) is 0 Å². The monoisotopic (exact) mass is 365 g/mol. The minimum absolute atomic E-state index is 0.242. The third kappa shape index (κ3) is 5.86. The van der Waals surface area contributed by atoms with Crippen LogP contribution in [0.1, 0.15) is 21.5 Å². The molecule has 0 unspecified atom stereocenters. The topological polar surface area (TPSA) is 55.4 Å². The zero-order valence-corrected chi connectivity index (χ0v) is 14.5. The molecule has 25 heavy (non-hydrogen) atoms. The number of hydrogen-bond acceptors (Lipinski definition) is 4. The van der Waals surface area contributed by atoms with Crippen molar-refractivity contribution in [3.63, 3.8) is 0 Å². The van der Waals surface area contributed by atoms with Crippen molar-refractivity contribution in [3.8, 4) is 0 Å². The smallest absolute Gasteiger partial charge is 0.338 e. The van der Waals surface area contributed by atoms with Gasteiger partial charge in [0.25, 0.3) is 11.7 Å². The predicted octanol–water partition coefficient (Wildman–Crippen LogP) is 4.41. The number of ether oxygens (including phenoxy) is 1. The first-order valence-corrected chi connectivity index (χ1v) is 8.32. The number of carbonyl (C=O) groups excluding carboxylic acids is 2. The zero-order chi connectivity index (χ0) is 18.4. The van der Waals surface area contributed by atoms with Gasteiger partial charge in [0.1, 0.15) is 0 Å². The number of amides is 1. The van der Waals surface area contributed by atoms with Crippen molar-refractivity contribution in [2.24, 2.45) is 0 Å². The molecule has 2 aromatic rings. The van der Waals surface area contributed by atoms with Crippen LogP contribution < -0.4 is 5.32 Å². The molecule has 1 amide bonds. The molecule has 0 fully saturated rings. The largest absolute Gasteiger partial charge is 0.452 e. The highest BCUT2D eigenvalue weighted by molar-refractivity contribution is 7.99. The Labute approximate surface area is 148 Å². The molecule has 1 N–H and O–H groups in total. The molecular formula is C18H17F2NO3S. The van der Waals surface area contributed by atoms with Gasteiger partial charge in [0.15, 0.2) is 6.61 Å². The van der Waals surface area contributed by atoms with Crippen molar-refractivity contribution in [1.29, 1.82) is 0 Å². The number of anilines is 1. The number of rotatable bonds is 6. The molecule has 4 nitrogen and oxygen atoms in total. The summed E-state index contributed by atoms with van der Waals surface area (Å²) in [6, 6.07) is 11.5. The molecule has 2 rings (SSSR count). The van der Waals surface area contributed by atoms with Crippen LogP contribution in [0.3, 0.4) is 0 Å². The summed E-state index contributed by atoms with van der Waals surface area (Å²) in [5.74, 6) is -3.81. The van der Waals surface area contributed by atoms with E-state index in [4.69, 9.17) is 4.74 Å². The molecule has 2 aromatic carbocycles. The van der Waals surface area contributed by atoms with Crippen LogP contribution >= 0.6 is 11.8 Å². The minimum Gasteiger partial charge on any atom is -0.452 e. The average Bonchev–Trinajstić information content (AvgIpc) is 2.53. The van der Waals surface area contributed by atoms with Crippen molar-refractivity contribution in [2.45, 2.75) is 24.5 Å². The second-order valence-electron chi connectivity index (χ2n) is 5.38. The number of thioether (sulfide) groups is 1. The lowest BCUT2D eigenvalue weighted by Crippen LogP contribution is -2.21. The van der Waals surface area contributed by atoms with E-state index in [1.807, 2.05) is 19.9 Å². The van der Waals surface area contributed by atoms with E-state index < -0.39 is 24.2 Å². The van der Waals surface area contributed by atoms with Gasteiger partial charge in [-0.3, -0.25) is 4.79 Å². The van der Waals surface area contributed by atoms with Crippen molar-refractivity contribution in [2.75, 3.05) is 11.9 Å². The van der Waals surface area contributed by atoms with Crippen LogP contribution in [0.25, 0.3) is 0 Å². The maximum absolute atomic E-state index is 12.5. The van der Waals surface area contributed by atoms with Crippen LogP contribution in [0.15, 0.2) is 47.4 Å². The normalized spacial score (nSPS) is 10.6. The molecule has 0 aromatic heterocycles. The summed E-state index contributed by atoms with van der Waals surface area (Å²) >= 11 is 0.336. The predicted molar refractivity (Wildman–Crippen MR) is 93.1 cm³/mol. The van der Waals surface area contributed by atoms with Gasteiger partial charge >= 0.3 is 5.97 Å². The number of carbonyl (C=O) groups is 2. The number of hydrogen-bond donors (Lipinski definition) is 1. The van der Waals surface area contributed by atoms with Crippen molar-refractivity contribution >= 4 is 29.3 Å². The Morgan fingerprint density at radius 2 is 1.76 bits per heavy atom. The highest BCUT2D eigenvalue weighted by Gasteiger charge is 2.14. The number of esters is 1. The van der Waals surface area contributed by atoms with Crippen LogP contribution in [0.2, 0.25) is 0 Å². The summed E-state index contributed by atoms with van der Waals surface area (Å²) < 4.78 is 30.0. The fourth-order valence-electron chi connectivity index (χ4n) is 2.26. The summed E-state index contributed by atoms with van der Waals surface area (Å²) in [7, 11) is 0. The molecular weight excluding hydrogens is 348 g/mol. The molecule has 0 bridgehead atoms. The first-order chi connectivity index (χ1) is 11.8. The van der Waals surface area contributed by atoms with Crippen molar-refractivity contribution in [3.05, 3.63) is 59.2 Å². The van der Waals surface area contributed by atoms with Gasteiger partial charge in [-0.25, -0.2) is 4.79 Å². The Balaban J connectivity index is 1.96. The van der Waals surface area contributed by atoms with Gasteiger partial charge in [0, 0.05) is 4.90 Å². The first-order valence-electron chi connectivity index (χ1n) is 7.44. The summed E-state index contributed by atoms with van der Waals surface area (Å²) in [6.07, 6.45) is 0. The Kier molecular flexibility index (Phi) is 6.52. The highest BCUT2D eigenvalue weighted by Crippen LogP contribution is 2.31. The third-order valence-electron chi connectivity index (χ3n) is 3.17. The van der Waals surface area contributed by atoms with Crippen LogP contribution in [0, 0.1) is 13.8 Å². The molecule has 0 radical (unpaired) electrons. The van der Waals surface area contributed by atoms with Crippen molar-refractivity contribution in [1.82, 2.24) is 0 Å². The molecule has 0 spiro atoms. The molecule has 0 heterocycles. The molecule has 0 saturated heterocycles. The molecule has 7 heteroatoms. The number of halogens is 2. The van der Waals surface area contributed by atoms with E-state index in [-0.39, 0.29) is 10.6 Å². The SMILES string of the molecule is Cc1cc(C)cc(C(=O)OCC(=O)Nc2ccccc2SC(F)F)c1. The van der Waals surface area contributed by atoms with E-state index >= 15 is 0 Å². The first kappa shape index (κ1) is 18.9. The van der Waals surface area contributed by atoms with Crippen LogP contribution in [-0.2, 0) is 9.53 Å². The number of benzene rings is 2. The lowest BCUT2D eigenvalue weighted by molar-refractivity contribution is -0.119. The van der Waals surface area contributed by atoms with Gasteiger partial charge in [-0.05, 0) is 38.1 Å². The van der Waals surface area contributed by atoms with Crippen molar-refractivity contribution < 1.29 is 23.1 Å². The van der Waals surface area contributed by atoms with Crippen LogP contribution in [0.4, 0.5) is 14.5 Å². The second-order valence-corrected chi connectivity index (χ2v) is 6.41. The summed E-state index contributed by atoms with van der Waals surface area (Å²) in [5.41, 5.74) is 2.43. The van der Waals surface area contributed by atoms with Gasteiger partial charge in [-0.2, -0.15) is 8.78 Å². The van der Waals surface area contributed by atoms with E-state index in [0.29, 0.717) is 17.3 Å². The van der Waals surface area contributed by atoms with Gasteiger partial charge in [-0.15, -0.1) is 0 Å². The van der Waals surface area contributed by atoms with Gasteiger partial charge in [-0.1, -0.05) is 41.1 Å². The quantitative estimate of drug-likeness (QED) is 0.608. The lowest BCUT2D eigenvalue weighted by Gasteiger charge is -2.11. The lowest BCUT2D eigenvalue weighted by atomic mass is 10.1. The van der Waals surface area contributed by atoms with Gasteiger partial charge in [0.2, 0.25) is 0 Å². The van der Waals surface area contributed by atoms with E-state index in [2.05, 4.69) is 5.32 Å². The Bertz CT molecular complexity index is 760. The van der Waals surface area contributed by atoms with E-state index in [9.17, 15) is 18.4 Å². The number of aryl methyl sites for hydroxylation is 2. The number of nitrogens with one attached hydrogen (secondary N) is 1. The Morgan fingerprint density at radius 3 is 2.40 bits per heavy atom. The zero-order valence-electron chi connectivity index (χ0n) is 13.7.